The van der Waals surface area contributed by atoms with Gasteiger partial charge in [0.1, 0.15) is 0 Å². The zero-order valence-corrected chi connectivity index (χ0v) is 17.3. The number of nitrogens with one attached hydrogen (secondary N) is 1. The van der Waals surface area contributed by atoms with E-state index < -0.39 is 26.4 Å². The fourth-order valence-electron chi connectivity index (χ4n) is 3.35. The van der Waals surface area contributed by atoms with E-state index in [1.165, 1.54) is 0 Å². The third-order valence-corrected chi connectivity index (χ3v) is 6.01. The van der Waals surface area contributed by atoms with Crippen molar-refractivity contribution in [1.82, 2.24) is 10.2 Å². The maximum Gasteiger partial charge on any atom is 0.271 e. The molecule has 2 aromatic rings. The molecule has 0 radical (unpaired) electrons. The second-order valence-corrected chi connectivity index (χ2v) is 9.05. The minimum Gasteiger partial charge on any atom is -0.379 e. The number of ether oxygens (including phenoxy) is 1. The van der Waals surface area contributed by atoms with Gasteiger partial charge in [0.25, 0.3) is 11.6 Å². The Morgan fingerprint density at radius 3 is 2.47 bits per heavy atom. The molecule has 2 aromatic carbocycles. The Morgan fingerprint density at radius 2 is 1.87 bits per heavy atom. The second kappa shape index (κ2) is 9.33. The van der Waals surface area contributed by atoms with Crippen molar-refractivity contribution in [2.75, 3.05) is 39.1 Å². The van der Waals surface area contributed by atoms with Crippen LogP contribution in [0.2, 0.25) is 0 Å². The van der Waals surface area contributed by atoms with Gasteiger partial charge in [-0.05, 0) is 11.6 Å². The molecule has 1 unspecified atom stereocenters. The smallest absolute Gasteiger partial charge is 0.271 e. The first kappa shape index (κ1) is 21.9. The van der Waals surface area contributed by atoms with Crippen LogP contribution in [0.5, 0.6) is 0 Å². The van der Waals surface area contributed by atoms with Crippen molar-refractivity contribution >= 4 is 21.4 Å². The van der Waals surface area contributed by atoms with Gasteiger partial charge in [0.05, 0.1) is 29.1 Å². The molecule has 3 rings (SSSR count). The predicted molar refractivity (Wildman–Crippen MR) is 110 cm³/mol. The summed E-state index contributed by atoms with van der Waals surface area (Å²) < 4.78 is 29.1. The number of carbonyl (C=O) groups excluding carboxylic acids is 1. The highest BCUT2D eigenvalue weighted by molar-refractivity contribution is 7.90. The Morgan fingerprint density at radius 1 is 1.20 bits per heavy atom. The number of benzene rings is 2. The van der Waals surface area contributed by atoms with E-state index in [0.717, 1.165) is 30.0 Å². The summed E-state index contributed by atoms with van der Waals surface area (Å²) in [4.78, 5) is 25.1. The first-order valence-corrected chi connectivity index (χ1v) is 11.3. The van der Waals surface area contributed by atoms with Gasteiger partial charge in [-0.25, -0.2) is 8.42 Å². The number of sulfone groups is 1. The van der Waals surface area contributed by atoms with Crippen LogP contribution in [0.15, 0.2) is 53.4 Å². The first-order chi connectivity index (χ1) is 14.3. The van der Waals surface area contributed by atoms with Crippen LogP contribution in [0, 0.1) is 10.1 Å². The van der Waals surface area contributed by atoms with Crippen molar-refractivity contribution in [3.63, 3.8) is 0 Å². The quantitative estimate of drug-likeness (QED) is 0.522. The molecule has 1 amide bonds. The SMILES string of the molecule is CS(=O)(=O)c1cc(C(=O)NCC(c2ccccc2)N2CCOCC2)cc([N+](=O)[O-])c1. The molecule has 30 heavy (non-hydrogen) atoms. The number of hydrogen-bond donors (Lipinski definition) is 1. The highest BCUT2D eigenvalue weighted by Gasteiger charge is 2.24. The van der Waals surface area contributed by atoms with Crippen molar-refractivity contribution in [3.8, 4) is 0 Å². The molecule has 1 heterocycles. The largest absolute Gasteiger partial charge is 0.379 e. The van der Waals surface area contributed by atoms with Gasteiger partial charge in [-0.15, -0.1) is 0 Å². The maximum absolute atomic E-state index is 12.7. The minimum atomic E-state index is -3.71. The number of nitro benzene ring substituents is 1. The third-order valence-electron chi connectivity index (χ3n) is 4.92. The van der Waals surface area contributed by atoms with E-state index in [4.69, 9.17) is 4.74 Å². The highest BCUT2D eigenvalue weighted by atomic mass is 32.2. The van der Waals surface area contributed by atoms with Crippen LogP contribution in [-0.2, 0) is 14.6 Å². The molecular formula is C20H23N3O6S. The minimum absolute atomic E-state index is 0.0709. The van der Waals surface area contributed by atoms with Gasteiger partial charge in [-0.1, -0.05) is 30.3 Å². The van der Waals surface area contributed by atoms with Crippen LogP contribution in [0.3, 0.4) is 0 Å². The Hall–Kier alpha value is -2.82. The Bertz CT molecular complexity index is 1020. The van der Waals surface area contributed by atoms with Crippen molar-refractivity contribution in [2.45, 2.75) is 10.9 Å². The molecule has 0 aromatic heterocycles. The molecule has 9 nitrogen and oxygen atoms in total. The van der Waals surface area contributed by atoms with Crippen molar-refractivity contribution in [3.05, 3.63) is 69.8 Å². The molecule has 1 atom stereocenters. The lowest BCUT2D eigenvalue weighted by Gasteiger charge is -2.35. The molecule has 0 aliphatic carbocycles. The second-order valence-electron chi connectivity index (χ2n) is 7.03. The summed E-state index contributed by atoms with van der Waals surface area (Å²) in [7, 11) is -3.71. The lowest BCUT2D eigenvalue weighted by Crippen LogP contribution is -2.43. The van der Waals surface area contributed by atoms with E-state index in [1.807, 2.05) is 30.3 Å². The summed E-state index contributed by atoms with van der Waals surface area (Å²) in [5.41, 5.74) is 0.504. The van der Waals surface area contributed by atoms with Gasteiger partial charge in [-0.2, -0.15) is 0 Å². The van der Waals surface area contributed by atoms with Gasteiger partial charge < -0.3 is 10.1 Å². The molecule has 1 aliphatic heterocycles. The summed E-state index contributed by atoms with van der Waals surface area (Å²) in [6.45, 7) is 2.88. The monoisotopic (exact) mass is 433 g/mol. The number of rotatable bonds is 7. The molecule has 1 aliphatic rings. The number of carbonyl (C=O) groups is 1. The topological polar surface area (TPSA) is 119 Å². The molecule has 0 spiro atoms. The van der Waals surface area contributed by atoms with Crippen molar-refractivity contribution in [2.24, 2.45) is 0 Å². The molecule has 0 saturated carbocycles. The number of hydrogen-bond acceptors (Lipinski definition) is 7. The van der Waals surface area contributed by atoms with Crippen LogP contribution in [-0.4, -0.2) is 63.3 Å². The fraction of sp³-hybridized carbons (Fsp3) is 0.350. The number of non-ortho nitro benzene ring substituents is 1. The Labute approximate surface area is 174 Å². The first-order valence-electron chi connectivity index (χ1n) is 9.40. The molecule has 10 heteroatoms. The highest BCUT2D eigenvalue weighted by Crippen LogP contribution is 2.23. The van der Waals surface area contributed by atoms with Crippen LogP contribution >= 0.6 is 0 Å². The van der Waals surface area contributed by atoms with E-state index in [9.17, 15) is 23.3 Å². The van der Waals surface area contributed by atoms with E-state index >= 15 is 0 Å². The van der Waals surface area contributed by atoms with E-state index in [1.54, 1.807) is 0 Å². The number of morpholine rings is 1. The fourth-order valence-corrected chi connectivity index (χ4v) is 4.02. The Kier molecular flexibility index (Phi) is 6.80. The van der Waals surface area contributed by atoms with Crippen molar-refractivity contribution < 1.29 is 22.9 Å². The Balaban J connectivity index is 1.83. The lowest BCUT2D eigenvalue weighted by atomic mass is 10.0. The maximum atomic E-state index is 12.7. The number of nitrogens with zero attached hydrogens (tertiary/aromatic N) is 2. The summed E-state index contributed by atoms with van der Waals surface area (Å²) in [6.07, 6.45) is 0.942. The van der Waals surface area contributed by atoms with Crippen LogP contribution in [0.1, 0.15) is 22.0 Å². The molecule has 1 fully saturated rings. The van der Waals surface area contributed by atoms with Gasteiger partial charge >= 0.3 is 0 Å². The van der Waals surface area contributed by atoms with E-state index in [2.05, 4.69) is 10.2 Å². The van der Waals surface area contributed by atoms with E-state index in [-0.39, 0.29) is 23.0 Å². The molecule has 0 bridgehead atoms. The van der Waals surface area contributed by atoms with Gasteiger partial charge in [0.15, 0.2) is 9.84 Å². The molecule has 1 saturated heterocycles. The van der Waals surface area contributed by atoms with Gasteiger partial charge in [-0.3, -0.25) is 19.8 Å². The average Bonchev–Trinajstić information content (AvgIpc) is 2.74. The zero-order valence-electron chi connectivity index (χ0n) is 16.5. The normalized spacial score (nSPS) is 16.0. The van der Waals surface area contributed by atoms with Crippen LogP contribution < -0.4 is 5.32 Å². The summed E-state index contributed by atoms with van der Waals surface area (Å²) >= 11 is 0. The van der Waals surface area contributed by atoms with Crippen molar-refractivity contribution in [1.29, 1.82) is 0 Å². The van der Waals surface area contributed by atoms with Crippen LogP contribution in [0.25, 0.3) is 0 Å². The zero-order chi connectivity index (χ0) is 21.7. The van der Waals surface area contributed by atoms with Gasteiger partial charge in [0, 0.05) is 43.6 Å². The molecular weight excluding hydrogens is 410 g/mol. The summed E-state index contributed by atoms with van der Waals surface area (Å²) in [5, 5.41) is 14.0. The van der Waals surface area contributed by atoms with Gasteiger partial charge in [0.2, 0.25) is 0 Å². The number of amides is 1. The lowest BCUT2D eigenvalue weighted by molar-refractivity contribution is -0.385. The average molecular weight is 433 g/mol. The molecule has 160 valence electrons. The standard InChI is InChI=1S/C20H23N3O6S/c1-30(27,28)18-12-16(11-17(13-18)23(25)26)20(24)21-14-19(15-5-3-2-4-6-15)22-7-9-29-10-8-22/h2-6,11-13,19H,7-10,14H2,1H3,(H,21,24). The predicted octanol–water partition coefficient (Wildman–Crippen LogP) is 1.80. The summed E-state index contributed by atoms with van der Waals surface area (Å²) in [5.74, 6) is -0.571. The number of nitro groups is 1. The third kappa shape index (κ3) is 5.41. The van der Waals surface area contributed by atoms with Crippen LogP contribution in [0.4, 0.5) is 5.69 Å². The van der Waals surface area contributed by atoms with E-state index in [0.29, 0.717) is 26.3 Å². The molecule has 1 N–H and O–H groups in total. The summed E-state index contributed by atoms with van der Waals surface area (Å²) in [6, 6.07) is 12.8.